The van der Waals surface area contributed by atoms with Gasteiger partial charge in [0.25, 0.3) is 5.91 Å². The monoisotopic (exact) mass is 436 g/mol. The molecule has 0 aliphatic carbocycles. The van der Waals surface area contributed by atoms with Crippen molar-refractivity contribution < 1.29 is 18.0 Å². The Hall–Kier alpha value is -2.84. The lowest BCUT2D eigenvalue weighted by molar-refractivity contribution is -0.143. The van der Waals surface area contributed by atoms with Crippen LogP contribution >= 0.6 is 11.6 Å². The highest BCUT2D eigenvalue weighted by atomic mass is 35.5. The Labute approximate surface area is 177 Å². The van der Waals surface area contributed by atoms with Crippen molar-refractivity contribution in [3.8, 4) is 5.69 Å². The molecule has 0 radical (unpaired) electrons. The van der Waals surface area contributed by atoms with Gasteiger partial charge in [-0.2, -0.15) is 18.3 Å². The smallest absolute Gasteiger partial charge is 0.322 e. The number of rotatable bonds is 6. The second-order valence-electron chi connectivity index (χ2n) is 7.00. The summed E-state index contributed by atoms with van der Waals surface area (Å²) in [4.78, 5) is 14.6. The van der Waals surface area contributed by atoms with Gasteiger partial charge in [0.05, 0.1) is 17.4 Å². The number of benzene rings is 2. The molecule has 0 atom stereocenters. The summed E-state index contributed by atoms with van der Waals surface area (Å²) in [5, 5.41) is 6.55. The van der Waals surface area contributed by atoms with Crippen LogP contribution < -0.4 is 5.32 Å². The minimum Gasteiger partial charge on any atom is -0.322 e. The highest BCUT2D eigenvalue weighted by Gasteiger charge is 2.40. The highest BCUT2D eigenvalue weighted by Crippen LogP contribution is 2.34. The van der Waals surface area contributed by atoms with Gasteiger partial charge in [-0.15, -0.1) is 0 Å². The minimum atomic E-state index is -4.79. The Morgan fingerprint density at radius 1 is 1.17 bits per heavy atom. The van der Waals surface area contributed by atoms with Crippen LogP contribution in [0.3, 0.4) is 0 Å². The molecule has 158 valence electrons. The van der Waals surface area contributed by atoms with Gasteiger partial charge >= 0.3 is 6.18 Å². The normalized spacial score (nSPS) is 11.7. The number of hydrogen-bond acceptors (Lipinski definition) is 3. The Morgan fingerprint density at radius 2 is 1.87 bits per heavy atom. The van der Waals surface area contributed by atoms with Gasteiger partial charge in [0.15, 0.2) is 5.69 Å². The van der Waals surface area contributed by atoms with Crippen molar-refractivity contribution in [2.45, 2.75) is 12.6 Å². The Morgan fingerprint density at radius 3 is 2.47 bits per heavy atom. The van der Waals surface area contributed by atoms with Crippen LogP contribution in [-0.2, 0) is 12.6 Å². The van der Waals surface area contributed by atoms with Crippen LogP contribution in [-0.4, -0.2) is 41.2 Å². The predicted octanol–water partition coefficient (Wildman–Crippen LogP) is 4.90. The Kier molecular flexibility index (Phi) is 6.48. The van der Waals surface area contributed by atoms with Gasteiger partial charge in [0.2, 0.25) is 0 Å². The average Bonchev–Trinajstić information content (AvgIpc) is 3.13. The van der Waals surface area contributed by atoms with E-state index in [1.165, 1.54) is 24.3 Å². The molecule has 3 rings (SSSR count). The molecule has 0 aliphatic heterocycles. The third kappa shape index (κ3) is 5.20. The number of alkyl halides is 3. The number of nitrogens with zero attached hydrogens (tertiary/aromatic N) is 3. The quantitative estimate of drug-likeness (QED) is 0.598. The average molecular weight is 437 g/mol. The Bertz CT molecular complexity index is 1030. The fourth-order valence-corrected chi connectivity index (χ4v) is 3.08. The van der Waals surface area contributed by atoms with E-state index < -0.39 is 23.3 Å². The molecule has 0 spiro atoms. The first-order chi connectivity index (χ1) is 14.1. The SMILES string of the molecule is CN(C)CCc1ccc(NC(=O)c2cnn(-c3cccc(Cl)c3)c2C(F)(F)F)cc1. The molecule has 1 aromatic heterocycles. The van der Waals surface area contributed by atoms with Gasteiger partial charge in [0.1, 0.15) is 0 Å². The zero-order valence-electron chi connectivity index (χ0n) is 16.4. The summed E-state index contributed by atoms with van der Waals surface area (Å²) in [5.41, 5.74) is -0.160. The summed E-state index contributed by atoms with van der Waals surface area (Å²) in [6.07, 6.45) is -3.06. The molecule has 0 fully saturated rings. The Balaban J connectivity index is 1.86. The van der Waals surface area contributed by atoms with Crippen LogP contribution in [0.15, 0.2) is 54.7 Å². The van der Waals surface area contributed by atoms with E-state index in [1.54, 1.807) is 12.1 Å². The summed E-state index contributed by atoms with van der Waals surface area (Å²) in [6.45, 7) is 0.864. The highest BCUT2D eigenvalue weighted by molar-refractivity contribution is 6.30. The topological polar surface area (TPSA) is 50.2 Å². The molecule has 3 aromatic rings. The number of anilines is 1. The maximum Gasteiger partial charge on any atom is 0.434 e. The second-order valence-corrected chi connectivity index (χ2v) is 7.44. The molecule has 30 heavy (non-hydrogen) atoms. The third-order valence-electron chi connectivity index (χ3n) is 4.39. The van der Waals surface area contributed by atoms with Crippen LogP contribution in [0.5, 0.6) is 0 Å². The number of carbonyl (C=O) groups is 1. The lowest BCUT2D eigenvalue weighted by Crippen LogP contribution is -2.20. The first-order valence-electron chi connectivity index (χ1n) is 9.11. The minimum absolute atomic E-state index is 0.110. The molecule has 1 amide bonds. The molecule has 1 N–H and O–H groups in total. The van der Waals surface area contributed by atoms with Gasteiger partial charge < -0.3 is 10.2 Å². The van der Waals surface area contributed by atoms with Gasteiger partial charge in [0, 0.05) is 17.3 Å². The van der Waals surface area contributed by atoms with E-state index >= 15 is 0 Å². The van der Waals surface area contributed by atoms with Gasteiger partial charge in [-0.3, -0.25) is 4.79 Å². The summed E-state index contributed by atoms with van der Waals surface area (Å²) in [7, 11) is 3.94. The molecule has 0 aliphatic rings. The summed E-state index contributed by atoms with van der Waals surface area (Å²) in [5.74, 6) is -0.892. The molecule has 2 aromatic carbocycles. The van der Waals surface area contributed by atoms with Crippen LogP contribution in [0, 0.1) is 0 Å². The number of nitrogens with one attached hydrogen (secondary N) is 1. The summed E-state index contributed by atoms with van der Waals surface area (Å²) < 4.78 is 41.9. The first kappa shape index (κ1) is 21.9. The first-order valence-corrected chi connectivity index (χ1v) is 9.49. The van der Waals surface area contributed by atoms with Gasteiger partial charge in [-0.25, -0.2) is 4.68 Å². The van der Waals surface area contributed by atoms with Gasteiger partial charge in [-0.1, -0.05) is 29.8 Å². The van der Waals surface area contributed by atoms with E-state index in [-0.39, 0.29) is 10.7 Å². The molecule has 0 bridgehead atoms. The number of halogens is 4. The van der Waals surface area contributed by atoms with Crippen molar-refractivity contribution >= 4 is 23.2 Å². The van der Waals surface area contributed by atoms with E-state index in [2.05, 4.69) is 10.4 Å². The lowest BCUT2D eigenvalue weighted by Gasteiger charge is -2.13. The third-order valence-corrected chi connectivity index (χ3v) is 4.63. The standard InChI is InChI=1S/C21H20ClF3N4O/c1-28(2)11-10-14-6-8-16(9-7-14)27-20(30)18-13-26-29(19(18)21(23,24)25)17-5-3-4-15(22)12-17/h3-9,12-13H,10-11H2,1-2H3,(H,27,30). The zero-order valence-corrected chi connectivity index (χ0v) is 17.1. The number of aromatic nitrogens is 2. The van der Waals surface area contributed by atoms with E-state index in [4.69, 9.17) is 11.6 Å². The maximum absolute atomic E-state index is 13.8. The van der Waals surface area contributed by atoms with Crippen molar-refractivity contribution in [2.24, 2.45) is 0 Å². The molecule has 0 unspecified atom stereocenters. The van der Waals surface area contributed by atoms with Crippen molar-refractivity contribution in [2.75, 3.05) is 26.0 Å². The molecule has 9 heteroatoms. The van der Waals surface area contributed by atoms with Gasteiger partial charge in [-0.05, 0) is 56.4 Å². The number of carbonyl (C=O) groups excluding carboxylic acids is 1. The fraction of sp³-hybridized carbons (Fsp3) is 0.238. The van der Waals surface area contributed by atoms with Crippen molar-refractivity contribution in [3.63, 3.8) is 0 Å². The molecular weight excluding hydrogens is 417 g/mol. The van der Waals surface area contributed by atoms with Crippen molar-refractivity contribution in [1.29, 1.82) is 0 Å². The van der Waals surface area contributed by atoms with E-state index in [9.17, 15) is 18.0 Å². The molecule has 0 saturated heterocycles. The summed E-state index contributed by atoms with van der Waals surface area (Å²) in [6, 6.07) is 12.8. The molecular formula is C21H20ClF3N4O. The van der Waals surface area contributed by atoms with Crippen LogP contribution in [0.4, 0.5) is 18.9 Å². The van der Waals surface area contributed by atoms with Crippen molar-refractivity contribution in [3.05, 3.63) is 76.6 Å². The second kappa shape index (κ2) is 8.89. The van der Waals surface area contributed by atoms with E-state index in [0.717, 1.165) is 24.7 Å². The summed E-state index contributed by atoms with van der Waals surface area (Å²) >= 11 is 5.89. The van der Waals surface area contributed by atoms with Crippen LogP contribution in [0.25, 0.3) is 5.69 Å². The number of likely N-dealkylation sites (N-methyl/N-ethyl adjacent to an activating group) is 1. The molecule has 1 heterocycles. The van der Waals surface area contributed by atoms with Crippen molar-refractivity contribution in [1.82, 2.24) is 14.7 Å². The van der Waals surface area contributed by atoms with Crippen LogP contribution in [0.1, 0.15) is 21.6 Å². The van der Waals surface area contributed by atoms with Crippen LogP contribution in [0.2, 0.25) is 5.02 Å². The van der Waals surface area contributed by atoms with E-state index in [0.29, 0.717) is 10.4 Å². The largest absolute Gasteiger partial charge is 0.434 e. The molecule has 5 nitrogen and oxygen atoms in total. The number of hydrogen-bond donors (Lipinski definition) is 1. The molecule has 0 saturated carbocycles. The lowest BCUT2D eigenvalue weighted by atomic mass is 10.1. The number of amides is 1. The fourth-order valence-electron chi connectivity index (χ4n) is 2.90. The zero-order chi connectivity index (χ0) is 21.9. The predicted molar refractivity (Wildman–Crippen MR) is 110 cm³/mol. The maximum atomic E-state index is 13.8. The van der Waals surface area contributed by atoms with E-state index in [1.807, 2.05) is 31.1 Å².